The van der Waals surface area contributed by atoms with Crippen molar-refractivity contribution in [2.24, 2.45) is 0 Å². The fourth-order valence-corrected chi connectivity index (χ4v) is 1.73. The zero-order valence-corrected chi connectivity index (χ0v) is 8.80. The van der Waals surface area contributed by atoms with Crippen molar-refractivity contribution in [1.82, 2.24) is 9.55 Å². The molecule has 0 radical (unpaired) electrons. The summed E-state index contributed by atoms with van der Waals surface area (Å²) in [5.41, 5.74) is 4.82. The molecule has 1 fully saturated rings. The molecule has 17 heavy (non-hydrogen) atoms. The number of rotatable bonds is 2. The number of ether oxygens (including phenoxy) is 1. The van der Waals surface area contributed by atoms with Crippen LogP contribution in [0.25, 0.3) is 0 Å². The van der Waals surface area contributed by atoms with Gasteiger partial charge < -0.3 is 25.8 Å². The molecular formula is C9H13N3O5. The number of aliphatic hydroxyl groups is 3. The minimum Gasteiger partial charge on any atom is -0.394 e. The van der Waals surface area contributed by atoms with E-state index in [-0.39, 0.29) is 5.82 Å². The van der Waals surface area contributed by atoms with E-state index in [1.165, 1.54) is 0 Å². The highest BCUT2D eigenvalue weighted by molar-refractivity contribution is 5.23. The molecule has 4 atom stereocenters. The van der Waals surface area contributed by atoms with Crippen LogP contribution < -0.4 is 11.3 Å². The van der Waals surface area contributed by atoms with Crippen molar-refractivity contribution >= 4 is 5.82 Å². The number of aromatic nitrogens is 2. The van der Waals surface area contributed by atoms with E-state index in [0.717, 1.165) is 17.0 Å². The third-order valence-electron chi connectivity index (χ3n) is 2.65. The van der Waals surface area contributed by atoms with Gasteiger partial charge in [0.05, 0.1) is 6.61 Å². The van der Waals surface area contributed by atoms with Gasteiger partial charge in [-0.1, -0.05) is 0 Å². The third kappa shape index (κ3) is 2.03. The van der Waals surface area contributed by atoms with Gasteiger partial charge in [-0.2, -0.15) is 0 Å². The normalized spacial score (nSPS) is 32.9. The molecule has 0 saturated carbocycles. The topological polar surface area (TPSA) is 131 Å². The maximum Gasteiger partial charge on any atom is 0.257 e. The average molecular weight is 243 g/mol. The number of nitrogens with zero attached hydrogens (tertiary/aromatic N) is 2. The van der Waals surface area contributed by atoms with E-state index < -0.39 is 36.7 Å². The molecule has 8 nitrogen and oxygen atoms in total. The molecule has 2 rings (SSSR count). The lowest BCUT2D eigenvalue weighted by atomic mass is 10.1. The Kier molecular flexibility index (Phi) is 3.11. The molecule has 0 bridgehead atoms. The Bertz CT molecular complexity index is 462. The van der Waals surface area contributed by atoms with Crippen LogP contribution in [0.1, 0.15) is 6.23 Å². The van der Waals surface area contributed by atoms with E-state index in [1.807, 2.05) is 0 Å². The first kappa shape index (κ1) is 12.0. The molecule has 5 N–H and O–H groups in total. The predicted octanol–water partition coefficient (Wildman–Crippen LogP) is -2.56. The van der Waals surface area contributed by atoms with E-state index in [1.54, 1.807) is 0 Å². The van der Waals surface area contributed by atoms with Crippen molar-refractivity contribution in [3.05, 3.63) is 22.7 Å². The van der Waals surface area contributed by atoms with Crippen LogP contribution in [0.2, 0.25) is 0 Å². The first-order valence-corrected chi connectivity index (χ1v) is 5.00. The van der Waals surface area contributed by atoms with Gasteiger partial charge in [-0.25, -0.2) is 4.98 Å². The van der Waals surface area contributed by atoms with Gasteiger partial charge >= 0.3 is 0 Å². The van der Waals surface area contributed by atoms with Crippen LogP contribution in [0, 0.1) is 0 Å². The number of hydrogen-bond acceptors (Lipinski definition) is 7. The van der Waals surface area contributed by atoms with Crippen LogP contribution in [0.3, 0.4) is 0 Å². The first-order valence-electron chi connectivity index (χ1n) is 5.00. The smallest absolute Gasteiger partial charge is 0.257 e. The highest BCUT2D eigenvalue weighted by Gasteiger charge is 2.43. The van der Waals surface area contributed by atoms with E-state index in [2.05, 4.69) is 4.98 Å². The third-order valence-corrected chi connectivity index (χ3v) is 2.65. The molecule has 0 unspecified atom stereocenters. The summed E-state index contributed by atoms with van der Waals surface area (Å²) in [5.74, 6) is 0.0537. The van der Waals surface area contributed by atoms with Crippen LogP contribution in [0.4, 0.5) is 5.82 Å². The van der Waals surface area contributed by atoms with E-state index >= 15 is 0 Å². The van der Waals surface area contributed by atoms with Gasteiger partial charge in [-0.3, -0.25) is 9.36 Å². The zero-order chi connectivity index (χ0) is 12.6. The maximum absolute atomic E-state index is 11.6. The van der Waals surface area contributed by atoms with Gasteiger partial charge in [-0.15, -0.1) is 0 Å². The summed E-state index contributed by atoms with van der Waals surface area (Å²) in [6, 6.07) is 1.08. The van der Waals surface area contributed by atoms with E-state index in [4.69, 9.17) is 15.6 Å². The molecule has 1 aromatic heterocycles. The number of hydrogen-bond donors (Lipinski definition) is 4. The Labute approximate surface area is 95.9 Å². The average Bonchev–Trinajstić information content (AvgIpc) is 2.57. The van der Waals surface area contributed by atoms with Crippen LogP contribution >= 0.6 is 0 Å². The van der Waals surface area contributed by atoms with Gasteiger partial charge in [0.25, 0.3) is 5.56 Å². The minimum absolute atomic E-state index is 0.0537. The number of nitrogens with two attached hydrogens (primary N) is 1. The van der Waals surface area contributed by atoms with E-state index in [9.17, 15) is 15.0 Å². The van der Waals surface area contributed by atoms with Crippen molar-refractivity contribution in [3.8, 4) is 0 Å². The quantitative estimate of drug-likeness (QED) is 0.449. The zero-order valence-electron chi connectivity index (χ0n) is 8.80. The summed E-state index contributed by atoms with van der Waals surface area (Å²) >= 11 is 0. The van der Waals surface area contributed by atoms with E-state index in [0.29, 0.717) is 0 Å². The minimum atomic E-state index is -1.31. The number of anilines is 1. The lowest BCUT2D eigenvalue weighted by Crippen LogP contribution is -2.35. The highest BCUT2D eigenvalue weighted by atomic mass is 16.6. The molecule has 1 saturated heterocycles. The van der Waals surface area contributed by atoms with Gasteiger partial charge in [0.1, 0.15) is 30.5 Å². The summed E-state index contributed by atoms with van der Waals surface area (Å²) in [6.07, 6.45) is -3.45. The summed E-state index contributed by atoms with van der Waals surface area (Å²) in [7, 11) is 0. The second kappa shape index (κ2) is 4.41. The van der Waals surface area contributed by atoms with Gasteiger partial charge in [0, 0.05) is 6.07 Å². The Hall–Kier alpha value is -1.48. The lowest BCUT2D eigenvalue weighted by Gasteiger charge is -2.16. The molecule has 8 heteroatoms. The van der Waals surface area contributed by atoms with Crippen LogP contribution in [-0.4, -0.2) is 49.8 Å². The molecule has 1 aliphatic rings. The second-order valence-corrected chi connectivity index (χ2v) is 3.79. The number of aliphatic hydroxyl groups excluding tert-OH is 3. The van der Waals surface area contributed by atoms with Gasteiger partial charge in [0.15, 0.2) is 6.23 Å². The van der Waals surface area contributed by atoms with Gasteiger partial charge in [-0.05, 0) is 0 Å². The summed E-state index contributed by atoms with van der Waals surface area (Å²) < 4.78 is 6.19. The Morgan fingerprint density at radius 3 is 2.71 bits per heavy atom. The monoisotopic (exact) mass is 243 g/mol. The predicted molar refractivity (Wildman–Crippen MR) is 55.9 cm³/mol. The molecule has 0 aromatic carbocycles. The molecule has 1 aliphatic heterocycles. The Morgan fingerprint density at radius 1 is 1.47 bits per heavy atom. The molecule has 0 amide bonds. The van der Waals surface area contributed by atoms with Crippen LogP contribution in [0.15, 0.2) is 17.2 Å². The standard InChI is InChI=1S/C9H13N3O5/c10-5-1-6(14)12(3-11-5)9-8(16)7(15)4(2-13)17-9/h1,3-4,7-9,13,15-16H,2,10H2/t4-,7+,8-,9+/m0/s1. The SMILES string of the molecule is Nc1cc(=O)n([C@@H]2O[C@@H](CO)[C@@H](O)[C@@H]2O)cn1. The van der Waals surface area contributed by atoms with Crippen molar-refractivity contribution in [2.75, 3.05) is 12.3 Å². The summed E-state index contributed by atoms with van der Waals surface area (Å²) in [5, 5.41) is 28.2. The first-order chi connectivity index (χ1) is 8.04. The molecular weight excluding hydrogens is 230 g/mol. The van der Waals surface area contributed by atoms with Crippen molar-refractivity contribution in [3.63, 3.8) is 0 Å². The van der Waals surface area contributed by atoms with Crippen molar-refractivity contribution in [1.29, 1.82) is 0 Å². The Balaban J connectivity index is 2.32. The lowest BCUT2D eigenvalue weighted by molar-refractivity contribution is -0.0548. The highest BCUT2D eigenvalue weighted by Crippen LogP contribution is 2.27. The molecule has 1 aromatic rings. The fraction of sp³-hybridized carbons (Fsp3) is 0.556. The Morgan fingerprint density at radius 2 is 2.18 bits per heavy atom. The molecule has 0 aliphatic carbocycles. The summed E-state index contributed by atoms with van der Waals surface area (Å²) in [6.45, 7) is -0.453. The van der Waals surface area contributed by atoms with Crippen LogP contribution in [-0.2, 0) is 4.74 Å². The fourth-order valence-electron chi connectivity index (χ4n) is 1.73. The van der Waals surface area contributed by atoms with Gasteiger partial charge in [0.2, 0.25) is 0 Å². The summed E-state index contributed by atoms with van der Waals surface area (Å²) in [4.78, 5) is 15.3. The largest absolute Gasteiger partial charge is 0.394 e. The molecule has 94 valence electrons. The maximum atomic E-state index is 11.6. The molecule has 0 spiro atoms. The second-order valence-electron chi connectivity index (χ2n) is 3.79. The van der Waals surface area contributed by atoms with Crippen molar-refractivity contribution < 1.29 is 20.1 Å². The van der Waals surface area contributed by atoms with Crippen molar-refractivity contribution in [2.45, 2.75) is 24.5 Å². The van der Waals surface area contributed by atoms with Crippen LogP contribution in [0.5, 0.6) is 0 Å². The molecule has 2 heterocycles. The number of nitrogen functional groups attached to an aromatic ring is 1.